The average Bonchev–Trinajstić information content (AvgIpc) is 4.01. The maximum absolute atomic E-state index is 3.07. The third kappa shape index (κ3) is 6.06. The van der Waals surface area contributed by atoms with Crippen LogP contribution < -0.4 is 20.6 Å². The number of rotatable bonds is 8. The number of hydrogen-bond donors (Lipinski definition) is 0. The van der Waals surface area contributed by atoms with E-state index in [1.54, 1.807) is 16.7 Å². The van der Waals surface area contributed by atoms with Gasteiger partial charge in [0.05, 0.1) is 11.4 Å². The van der Waals surface area contributed by atoms with Gasteiger partial charge in [-0.2, -0.15) is 0 Å². The number of fused-ring (bicyclic) bond motifs is 16. The zero-order valence-electron chi connectivity index (χ0n) is 43.2. The van der Waals surface area contributed by atoms with Crippen molar-refractivity contribution in [2.75, 3.05) is 9.71 Å². The minimum absolute atomic E-state index is 0.0261. The first-order valence-electron chi connectivity index (χ1n) is 27.3. The van der Waals surface area contributed by atoms with E-state index in [4.69, 9.17) is 0 Å². The van der Waals surface area contributed by atoms with Gasteiger partial charge in [0.15, 0.2) is 0 Å². The molecule has 5 heterocycles. The van der Waals surface area contributed by atoms with Crippen molar-refractivity contribution in [3.05, 3.63) is 143 Å². The molecule has 2 unspecified atom stereocenters. The van der Waals surface area contributed by atoms with Crippen molar-refractivity contribution in [1.82, 2.24) is 0 Å². The van der Waals surface area contributed by atoms with Gasteiger partial charge in [-0.1, -0.05) is 141 Å². The molecule has 71 heavy (non-hydrogen) atoms. The molecular weight excluding hydrogens is 896 g/mol. The molecule has 14 rings (SSSR count). The van der Waals surface area contributed by atoms with Gasteiger partial charge >= 0.3 is 6.85 Å². The molecule has 2 atom stereocenters. The third-order valence-electron chi connectivity index (χ3n) is 19.2. The summed E-state index contributed by atoms with van der Waals surface area (Å²) >= 11 is 4.02. The lowest BCUT2D eigenvalue weighted by atomic mass is 9.42. The Morgan fingerprint density at radius 2 is 1.24 bits per heavy atom. The van der Waals surface area contributed by atoms with E-state index >= 15 is 0 Å². The molecule has 1 fully saturated rings. The van der Waals surface area contributed by atoms with Gasteiger partial charge in [-0.25, -0.2) is 0 Å². The molecule has 9 aromatic rings. The highest BCUT2D eigenvalue weighted by molar-refractivity contribution is 7.26. The SMILES string of the molecule is CCCCc1ccc(N2c3cc4sc5ccccc5c4c4c3B(c3ccc5sc6cc7c(cc6c5c32)C(C)(C)CCC7(C)C)N2c3c-4cc(CCCC)cc3C3(C)CCCCC23C)c(-c2ccccc2)c1. The van der Waals surface area contributed by atoms with Gasteiger partial charge in [0.2, 0.25) is 0 Å². The fraction of sp³-hybridized carbons (Fsp3) is 0.364. The summed E-state index contributed by atoms with van der Waals surface area (Å²) in [6, 6.07) is 46.7. The molecule has 3 aliphatic heterocycles. The second kappa shape index (κ2) is 15.6. The van der Waals surface area contributed by atoms with Crippen LogP contribution in [0.1, 0.15) is 147 Å². The lowest BCUT2D eigenvalue weighted by Crippen LogP contribution is -2.70. The van der Waals surface area contributed by atoms with Crippen molar-refractivity contribution in [3.63, 3.8) is 0 Å². The van der Waals surface area contributed by atoms with Gasteiger partial charge in [0.1, 0.15) is 0 Å². The van der Waals surface area contributed by atoms with E-state index in [-0.39, 0.29) is 28.6 Å². The Hall–Kier alpha value is -5.36. The number of aryl methyl sites for hydroxylation is 2. The van der Waals surface area contributed by atoms with Crippen LogP contribution in [0.2, 0.25) is 0 Å². The maximum atomic E-state index is 3.07. The normalized spacial score (nSPS) is 21.2. The number of unbranched alkanes of at least 4 members (excludes halogenated alkanes) is 2. The van der Waals surface area contributed by atoms with Crippen LogP contribution in [0.4, 0.5) is 22.7 Å². The van der Waals surface area contributed by atoms with Crippen LogP contribution in [-0.4, -0.2) is 12.4 Å². The largest absolute Gasteiger partial charge is 0.400 e. The Bertz CT molecular complexity index is 3700. The van der Waals surface area contributed by atoms with Crippen LogP contribution in [0, 0.1) is 0 Å². The topological polar surface area (TPSA) is 6.48 Å². The zero-order chi connectivity index (χ0) is 48.3. The van der Waals surface area contributed by atoms with Crippen molar-refractivity contribution in [2.24, 2.45) is 0 Å². The van der Waals surface area contributed by atoms with E-state index in [0.717, 1.165) is 12.8 Å². The molecule has 0 spiro atoms. The zero-order valence-corrected chi connectivity index (χ0v) is 44.9. The molecular formula is C66H67BN2S2. The molecule has 0 amide bonds. The minimum atomic E-state index is -0.0626. The summed E-state index contributed by atoms with van der Waals surface area (Å²) in [7, 11) is 0. The Labute approximate surface area is 430 Å². The maximum Gasteiger partial charge on any atom is 0.328 e. The first-order chi connectivity index (χ1) is 34.3. The van der Waals surface area contributed by atoms with Gasteiger partial charge in [0.25, 0.3) is 0 Å². The molecule has 2 aliphatic carbocycles. The summed E-state index contributed by atoms with van der Waals surface area (Å²) in [6.45, 7) is 20.1. The van der Waals surface area contributed by atoms with E-state index in [0.29, 0.717) is 0 Å². The van der Waals surface area contributed by atoms with Gasteiger partial charge < -0.3 is 9.71 Å². The standard InChI is InChI=1S/C66H67BN2S2/c1-9-11-20-40-26-28-51(44(34-40)42-22-14-13-15-23-42)68-52-39-56-57(43-24-16-17-25-53(43)70-56)59-46-35-41(21-12-10-2)36-49-61(46)69(66(8)31-19-18-30-65(49,66)7)67(60(52)59)50-27-29-54-58(62(50)68)45-37-47-48(38-55(45)71-54)64(5,6)33-32-63(47,3)4/h13-17,22-29,34-39H,9-12,18-21,30-33H2,1-8H3. The molecule has 5 aliphatic rings. The summed E-state index contributed by atoms with van der Waals surface area (Å²) in [5.74, 6) is 0. The Kier molecular flexibility index (Phi) is 9.73. The lowest BCUT2D eigenvalue weighted by Gasteiger charge is -2.55. The lowest BCUT2D eigenvalue weighted by molar-refractivity contribution is 0.199. The van der Waals surface area contributed by atoms with Crippen LogP contribution in [0.3, 0.4) is 0 Å². The van der Waals surface area contributed by atoms with Crippen molar-refractivity contribution in [2.45, 2.75) is 154 Å². The van der Waals surface area contributed by atoms with Gasteiger partial charge in [0, 0.05) is 73.8 Å². The molecule has 0 radical (unpaired) electrons. The summed E-state index contributed by atoms with van der Waals surface area (Å²) in [6.07, 6.45) is 14.4. The van der Waals surface area contributed by atoms with Crippen LogP contribution in [0.25, 0.3) is 62.6 Å². The Morgan fingerprint density at radius 1 is 0.535 bits per heavy atom. The molecule has 0 N–H and O–H groups in total. The summed E-state index contributed by atoms with van der Waals surface area (Å²) in [5.41, 5.74) is 21.9. The second-order valence-corrected chi connectivity index (χ2v) is 26.3. The highest BCUT2D eigenvalue weighted by Crippen LogP contribution is 2.65. The number of hydrogen-bond acceptors (Lipinski definition) is 4. The smallest absolute Gasteiger partial charge is 0.328 e. The predicted molar refractivity (Wildman–Crippen MR) is 312 cm³/mol. The van der Waals surface area contributed by atoms with Crippen molar-refractivity contribution < 1.29 is 0 Å². The predicted octanol–water partition coefficient (Wildman–Crippen LogP) is 18.1. The van der Waals surface area contributed by atoms with Crippen molar-refractivity contribution in [1.29, 1.82) is 0 Å². The van der Waals surface area contributed by atoms with Crippen LogP contribution in [0.5, 0.6) is 0 Å². The second-order valence-electron chi connectivity index (χ2n) is 24.2. The molecule has 356 valence electrons. The Balaban J connectivity index is 1.18. The molecule has 0 bridgehead atoms. The molecule has 7 aromatic carbocycles. The molecule has 2 nitrogen and oxygen atoms in total. The first-order valence-corrected chi connectivity index (χ1v) is 29.0. The number of nitrogens with zero attached hydrogens (tertiary/aromatic N) is 2. The molecule has 5 heteroatoms. The highest BCUT2D eigenvalue weighted by Gasteiger charge is 2.63. The van der Waals surface area contributed by atoms with E-state index in [1.165, 1.54) is 172 Å². The molecule has 1 saturated carbocycles. The van der Waals surface area contributed by atoms with Crippen molar-refractivity contribution >= 4 is 104 Å². The number of benzene rings is 7. The minimum Gasteiger partial charge on any atom is -0.400 e. The van der Waals surface area contributed by atoms with Crippen LogP contribution in [0.15, 0.2) is 115 Å². The van der Waals surface area contributed by atoms with Crippen molar-refractivity contribution in [3.8, 4) is 22.3 Å². The number of thiophene rings is 2. The monoisotopic (exact) mass is 962 g/mol. The fourth-order valence-electron chi connectivity index (χ4n) is 15.0. The number of anilines is 4. The van der Waals surface area contributed by atoms with Crippen LogP contribution in [-0.2, 0) is 29.1 Å². The van der Waals surface area contributed by atoms with Gasteiger partial charge in [-0.3, -0.25) is 0 Å². The molecule has 0 saturated heterocycles. The first kappa shape index (κ1) is 44.4. The quantitative estimate of drug-likeness (QED) is 0.140. The van der Waals surface area contributed by atoms with Gasteiger partial charge in [-0.15, -0.1) is 22.7 Å². The third-order valence-corrected chi connectivity index (χ3v) is 21.4. The Morgan fingerprint density at radius 3 is 2.03 bits per heavy atom. The van der Waals surface area contributed by atoms with E-state index in [1.807, 2.05) is 22.7 Å². The summed E-state index contributed by atoms with van der Waals surface area (Å²) in [5, 5.41) is 5.71. The average molecular weight is 963 g/mol. The van der Waals surface area contributed by atoms with E-state index in [2.05, 4.69) is 180 Å². The van der Waals surface area contributed by atoms with E-state index < -0.39 is 0 Å². The molecule has 2 aromatic heterocycles. The highest BCUT2D eigenvalue weighted by atomic mass is 32.1. The summed E-state index contributed by atoms with van der Waals surface area (Å²) in [4.78, 5) is 5.90. The van der Waals surface area contributed by atoms with Crippen LogP contribution >= 0.6 is 22.7 Å². The fourth-order valence-corrected chi connectivity index (χ4v) is 17.3. The van der Waals surface area contributed by atoms with E-state index in [9.17, 15) is 0 Å². The summed E-state index contributed by atoms with van der Waals surface area (Å²) < 4.78 is 5.58. The van der Waals surface area contributed by atoms with Gasteiger partial charge in [-0.05, 0) is 168 Å².